The summed E-state index contributed by atoms with van der Waals surface area (Å²) in [6, 6.07) is 11.0. The Morgan fingerprint density at radius 3 is 2.44 bits per heavy atom. The van der Waals surface area contributed by atoms with Crippen LogP contribution in [0, 0.1) is 13.8 Å². The van der Waals surface area contributed by atoms with E-state index in [0.29, 0.717) is 18.7 Å². The Bertz CT molecular complexity index is 1170. The van der Waals surface area contributed by atoms with Crippen molar-refractivity contribution in [1.29, 1.82) is 0 Å². The van der Waals surface area contributed by atoms with Gasteiger partial charge in [-0.1, -0.05) is 12.1 Å². The number of fused-ring (bicyclic) bond motifs is 1. The van der Waals surface area contributed by atoms with Gasteiger partial charge in [-0.2, -0.15) is 0 Å². The predicted octanol–water partition coefficient (Wildman–Crippen LogP) is 2.33. The zero-order chi connectivity index (χ0) is 23.0. The van der Waals surface area contributed by atoms with Gasteiger partial charge in [-0.3, -0.25) is 9.59 Å². The average Bonchev–Trinajstić information content (AvgIpc) is 3.07. The number of amides is 2. The van der Waals surface area contributed by atoms with Gasteiger partial charge in [0.15, 0.2) is 9.84 Å². The van der Waals surface area contributed by atoms with Crippen LogP contribution in [0.5, 0.6) is 0 Å². The van der Waals surface area contributed by atoms with E-state index in [1.807, 2.05) is 6.07 Å². The highest BCUT2D eigenvalue weighted by Gasteiger charge is 2.28. The minimum Gasteiger partial charge on any atom is -0.368 e. The fourth-order valence-electron chi connectivity index (χ4n) is 4.41. The molecule has 170 valence electrons. The number of hydrogen-bond donors (Lipinski definition) is 0. The molecular formula is C24H29N3O4S. The molecule has 0 bridgehead atoms. The largest absolute Gasteiger partial charge is 0.368 e. The predicted molar refractivity (Wildman–Crippen MR) is 125 cm³/mol. The van der Waals surface area contributed by atoms with Gasteiger partial charge in [0.1, 0.15) is 0 Å². The molecule has 8 heteroatoms. The lowest BCUT2D eigenvalue weighted by molar-refractivity contribution is -0.131. The number of piperazine rings is 1. The van der Waals surface area contributed by atoms with E-state index in [0.717, 1.165) is 18.8 Å². The normalized spacial score (nSPS) is 16.5. The van der Waals surface area contributed by atoms with Crippen LogP contribution < -0.4 is 9.80 Å². The van der Waals surface area contributed by atoms with Crippen LogP contribution in [0.15, 0.2) is 41.3 Å². The molecule has 4 rings (SSSR count). The molecule has 7 nitrogen and oxygen atoms in total. The van der Waals surface area contributed by atoms with Gasteiger partial charge in [-0.05, 0) is 54.8 Å². The quantitative estimate of drug-likeness (QED) is 0.692. The number of carbonyl (C=O) groups excluding carboxylic acids is 2. The maximum Gasteiger partial charge on any atom is 0.231 e. The van der Waals surface area contributed by atoms with E-state index in [1.54, 1.807) is 24.1 Å². The highest BCUT2D eigenvalue weighted by atomic mass is 32.2. The van der Waals surface area contributed by atoms with Crippen LogP contribution in [0.3, 0.4) is 0 Å². The molecule has 0 aliphatic carbocycles. The van der Waals surface area contributed by atoms with Crippen molar-refractivity contribution in [3.63, 3.8) is 0 Å². The molecule has 2 aromatic carbocycles. The summed E-state index contributed by atoms with van der Waals surface area (Å²) < 4.78 is 25.6. The van der Waals surface area contributed by atoms with Crippen molar-refractivity contribution in [1.82, 2.24) is 4.90 Å². The summed E-state index contributed by atoms with van der Waals surface area (Å²) >= 11 is 0. The van der Waals surface area contributed by atoms with Crippen LogP contribution >= 0.6 is 0 Å². The fraction of sp³-hybridized carbons (Fsp3) is 0.417. The van der Waals surface area contributed by atoms with Gasteiger partial charge in [0.05, 0.1) is 17.1 Å². The molecule has 32 heavy (non-hydrogen) atoms. The molecule has 2 heterocycles. The Labute approximate surface area is 189 Å². The Hall–Kier alpha value is -2.87. The third kappa shape index (κ3) is 4.24. The molecule has 2 aliphatic heterocycles. The minimum atomic E-state index is -3.60. The van der Waals surface area contributed by atoms with Crippen LogP contribution in [0.2, 0.25) is 0 Å². The number of benzene rings is 2. The summed E-state index contributed by atoms with van der Waals surface area (Å²) in [6.45, 7) is 6.83. The second kappa shape index (κ2) is 8.58. The number of nitrogens with zero attached hydrogens (tertiary/aromatic N) is 3. The molecule has 2 aliphatic rings. The summed E-state index contributed by atoms with van der Waals surface area (Å²) in [7, 11) is -1.92. The summed E-state index contributed by atoms with van der Waals surface area (Å²) in [6.07, 6.45) is 0.167. The highest BCUT2D eigenvalue weighted by Crippen LogP contribution is 2.30. The minimum absolute atomic E-state index is 0.0400. The van der Waals surface area contributed by atoms with Crippen LogP contribution in [0.4, 0.5) is 11.4 Å². The SMILES string of the molecule is Cc1cccc(N2CCN(C(=O)CCS(=O)(=O)c3ccc4c(c3)CC(=O)N4C)CC2)c1C. The van der Waals surface area contributed by atoms with Crippen molar-refractivity contribution >= 4 is 33.0 Å². The Morgan fingerprint density at radius 2 is 1.72 bits per heavy atom. The number of aryl methyl sites for hydroxylation is 1. The second-order valence-electron chi connectivity index (χ2n) is 8.58. The lowest BCUT2D eigenvalue weighted by Crippen LogP contribution is -2.49. The average molecular weight is 456 g/mol. The van der Waals surface area contributed by atoms with Crippen molar-refractivity contribution in [3.8, 4) is 0 Å². The third-order valence-corrected chi connectivity index (χ3v) is 8.33. The fourth-order valence-corrected chi connectivity index (χ4v) is 5.69. The van der Waals surface area contributed by atoms with E-state index in [1.165, 1.54) is 27.8 Å². The van der Waals surface area contributed by atoms with Gasteiger partial charge in [-0.15, -0.1) is 0 Å². The molecular weight excluding hydrogens is 426 g/mol. The maximum absolute atomic E-state index is 12.8. The number of likely N-dealkylation sites (N-methyl/N-ethyl adjacent to an activating group) is 1. The first-order valence-corrected chi connectivity index (χ1v) is 12.5. The van der Waals surface area contributed by atoms with E-state index in [4.69, 9.17) is 0 Å². The molecule has 0 saturated carbocycles. The zero-order valence-corrected chi connectivity index (χ0v) is 19.6. The lowest BCUT2D eigenvalue weighted by atomic mass is 10.1. The van der Waals surface area contributed by atoms with Crippen molar-refractivity contribution in [2.75, 3.05) is 48.8 Å². The summed E-state index contributed by atoms with van der Waals surface area (Å²) in [5.74, 6) is -0.416. The Morgan fingerprint density at radius 1 is 1.00 bits per heavy atom. The summed E-state index contributed by atoms with van der Waals surface area (Å²) in [4.78, 5) is 30.3. The molecule has 2 aromatic rings. The zero-order valence-electron chi connectivity index (χ0n) is 18.8. The molecule has 0 atom stereocenters. The second-order valence-corrected chi connectivity index (χ2v) is 10.7. The molecule has 1 saturated heterocycles. The number of carbonyl (C=O) groups is 2. The molecule has 0 N–H and O–H groups in total. The van der Waals surface area contributed by atoms with E-state index in [-0.39, 0.29) is 35.3 Å². The summed E-state index contributed by atoms with van der Waals surface area (Å²) in [5.41, 5.74) is 5.15. The lowest BCUT2D eigenvalue weighted by Gasteiger charge is -2.37. The van der Waals surface area contributed by atoms with Crippen LogP contribution in [-0.4, -0.2) is 64.1 Å². The van der Waals surface area contributed by atoms with Gasteiger partial charge in [0, 0.05) is 51.0 Å². The summed E-state index contributed by atoms with van der Waals surface area (Å²) in [5, 5.41) is 0. The van der Waals surface area contributed by atoms with E-state index in [2.05, 4.69) is 30.9 Å². The molecule has 0 unspecified atom stereocenters. The van der Waals surface area contributed by atoms with Gasteiger partial charge in [-0.25, -0.2) is 8.42 Å². The van der Waals surface area contributed by atoms with E-state index >= 15 is 0 Å². The Kier molecular flexibility index (Phi) is 5.99. The smallest absolute Gasteiger partial charge is 0.231 e. The van der Waals surface area contributed by atoms with Crippen LogP contribution in [-0.2, 0) is 25.8 Å². The van der Waals surface area contributed by atoms with Crippen molar-refractivity contribution in [3.05, 3.63) is 53.1 Å². The monoisotopic (exact) mass is 455 g/mol. The molecule has 0 spiro atoms. The molecule has 1 fully saturated rings. The first-order chi connectivity index (χ1) is 15.2. The first-order valence-electron chi connectivity index (χ1n) is 10.9. The standard InChI is InChI=1S/C24H29N3O4S/c1-17-5-4-6-21(18(17)2)26-10-12-27(13-11-26)23(28)9-14-32(30,31)20-7-8-22-19(15-20)16-24(29)25(22)3/h4-8,15H,9-14,16H2,1-3H3. The highest BCUT2D eigenvalue weighted by molar-refractivity contribution is 7.91. The van der Waals surface area contributed by atoms with Crippen molar-refractivity contribution < 1.29 is 18.0 Å². The number of rotatable bonds is 5. The third-order valence-electron chi connectivity index (χ3n) is 6.62. The van der Waals surface area contributed by atoms with Gasteiger partial charge in [0.25, 0.3) is 0 Å². The molecule has 2 amide bonds. The number of hydrogen-bond acceptors (Lipinski definition) is 5. The first kappa shape index (κ1) is 22.3. The number of anilines is 2. The Balaban J connectivity index is 1.35. The molecule has 0 radical (unpaired) electrons. The van der Waals surface area contributed by atoms with E-state index in [9.17, 15) is 18.0 Å². The van der Waals surface area contributed by atoms with Crippen LogP contribution in [0.1, 0.15) is 23.1 Å². The van der Waals surface area contributed by atoms with Gasteiger partial charge < -0.3 is 14.7 Å². The van der Waals surface area contributed by atoms with Crippen molar-refractivity contribution in [2.45, 2.75) is 31.6 Å². The maximum atomic E-state index is 12.8. The number of sulfone groups is 1. The van der Waals surface area contributed by atoms with Gasteiger partial charge in [0.2, 0.25) is 11.8 Å². The van der Waals surface area contributed by atoms with Crippen LogP contribution in [0.25, 0.3) is 0 Å². The van der Waals surface area contributed by atoms with Crippen molar-refractivity contribution in [2.24, 2.45) is 0 Å². The topological polar surface area (TPSA) is 78.0 Å². The van der Waals surface area contributed by atoms with Gasteiger partial charge >= 0.3 is 0 Å². The van der Waals surface area contributed by atoms with E-state index < -0.39 is 9.84 Å². The molecule has 0 aromatic heterocycles.